The number of thioether (sulfide) groups is 1. The van der Waals surface area contributed by atoms with Crippen LogP contribution in [0.25, 0.3) is 0 Å². The molecular weight excluding hydrogens is 362 g/mol. The fraction of sp³-hybridized carbons (Fsp3) is 0.235. The Kier molecular flexibility index (Phi) is 6.10. The number of aromatic carboxylic acids is 1. The highest BCUT2D eigenvalue weighted by Gasteiger charge is 2.23. The van der Waals surface area contributed by atoms with E-state index in [4.69, 9.17) is 9.88 Å². The summed E-state index contributed by atoms with van der Waals surface area (Å²) in [7, 11) is -4.17. The average molecular weight is 381 g/mol. The molecule has 0 aliphatic carbocycles. The first-order chi connectivity index (χ1) is 11.7. The molecule has 0 unspecified atom stereocenters. The van der Waals surface area contributed by atoms with Gasteiger partial charge in [-0.3, -0.25) is 0 Å². The van der Waals surface area contributed by atoms with Gasteiger partial charge in [-0.2, -0.15) is 0 Å². The lowest BCUT2D eigenvalue weighted by molar-refractivity contribution is 0.0696. The van der Waals surface area contributed by atoms with Crippen LogP contribution in [0.3, 0.4) is 0 Å². The Morgan fingerprint density at radius 2 is 1.88 bits per heavy atom. The number of hydrogen-bond acceptors (Lipinski definition) is 5. The van der Waals surface area contributed by atoms with Crippen LogP contribution in [0.15, 0.2) is 52.3 Å². The molecule has 0 aliphatic rings. The van der Waals surface area contributed by atoms with Gasteiger partial charge in [0.1, 0.15) is 10.6 Å². The third kappa shape index (κ3) is 5.22. The van der Waals surface area contributed by atoms with Gasteiger partial charge in [0, 0.05) is 5.75 Å². The zero-order valence-electron chi connectivity index (χ0n) is 13.8. The Morgan fingerprint density at radius 1 is 1.24 bits per heavy atom. The molecule has 0 spiro atoms. The highest BCUT2D eigenvalue weighted by molar-refractivity contribution is 7.99. The van der Waals surface area contributed by atoms with Crippen LogP contribution in [-0.2, 0) is 10.0 Å². The molecule has 0 aliphatic heterocycles. The zero-order valence-corrected chi connectivity index (χ0v) is 15.4. The van der Waals surface area contributed by atoms with E-state index in [0.29, 0.717) is 22.3 Å². The van der Waals surface area contributed by atoms with Gasteiger partial charge in [0.2, 0.25) is 10.0 Å². The maximum absolute atomic E-state index is 12.0. The van der Waals surface area contributed by atoms with Gasteiger partial charge in [-0.15, -0.1) is 11.8 Å². The van der Waals surface area contributed by atoms with Crippen molar-refractivity contribution in [3.05, 3.63) is 48.0 Å². The number of sulfonamides is 1. The highest BCUT2D eigenvalue weighted by Crippen LogP contribution is 2.39. The van der Waals surface area contributed by atoms with E-state index in [9.17, 15) is 18.3 Å². The van der Waals surface area contributed by atoms with E-state index in [-0.39, 0.29) is 16.2 Å². The third-order valence-electron chi connectivity index (χ3n) is 3.11. The Hall–Kier alpha value is -2.03. The zero-order chi connectivity index (χ0) is 18.6. The van der Waals surface area contributed by atoms with E-state index in [1.165, 1.54) is 17.8 Å². The summed E-state index contributed by atoms with van der Waals surface area (Å²) in [5.41, 5.74) is -0.157. The van der Waals surface area contributed by atoms with Gasteiger partial charge in [-0.1, -0.05) is 32.0 Å². The number of para-hydroxylation sites is 1. The number of benzene rings is 2. The first-order valence-corrected chi connectivity index (χ1v) is 10.0. The van der Waals surface area contributed by atoms with Crippen molar-refractivity contribution >= 4 is 27.8 Å². The molecule has 0 saturated heterocycles. The van der Waals surface area contributed by atoms with Crippen molar-refractivity contribution < 1.29 is 23.1 Å². The van der Waals surface area contributed by atoms with E-state index in [1.807, 2.05) is 13.8 Å². The molecule has 3 N–H and O–H groups in total. The molecule has 2 aromatic rings. The number of rotatable bonds is 7. The van der Waals surface area contributed by atoms with Crippen molar-refractivity contribution in [1.29, 1.82) is 0 Å². The Balaban J connectivity index is 2.63. The summed E-state index contributed by atoms with van der Waals surface area (Å²) in [5, 5.41) is 14.6. The van der Waals surface area contributed by atoms with E-state index < -0.39 is 16.0 Å². The van der Waals surface area contributed by atoms with Crippen molar-refractivity contribution in [2.24, 2.45) is 11.1 Å². The number of primary sulfonamides is 1. The molecule has 134 valence electrons. The lowest BCUT2D eigenvalue weighted by Gasteiger charge is -2.16. The summed E-state index contributed by atoms with van der Waals surface area (Å²) < 4.78 is 29.8. The number of ether oxygens (including phenoxy) is 1. The number of carboxylic acid groups (broad SMARTS) is 1. The second-order valence-electron chi connectivity index (χ2n) is 5.77. The maximum Gasteiger partial charge on any atom is 0.335 e. The molecule has 2 rings (SSSR count). The summed E-state index contributed by atoms with van der Waals surface area (Å²) in [4.78, 5) is 11.4. The molecule has 0 heterocycles. The first-order valence-electron chi connectivity index (χ1n) is 7.48. The summed E-state index contributed by atoms with van der Waals surface area (Å²) in [6, 6.07) is 11.1. The molecule has 0 amide bonds. The van der Waals surface area contributed by atoms with Crippen LogP contribution in [0.4, 0.5) is 0 Å². The molecular formula is C17H19NO5S2. The molecule has 0 aromatic heterocycles. The number of nitrogens with two attached hydrogens (primary N) is 1. The molecule has 0 bridgehead atoms. The molecule has 0 fully saturated rings. The van der Waals surface area contributed by atoms with E-state index in [2.05, 4.69) is 0 Å². The SMILES string of the molecule is CC(C)CSc1cc(C(=O)O)cc(S(N)(=O)=O)c1Oc1ccccc1. The topological polar surface area (TPSA) is 107 Å². The standard InChI is InChI=1S/C17H19NO5S2/c1-11(2)10-24-14-8-12(17(19)20)9-15(25(18,21)22)16(14)23-13-6-4-3-5-7-13/h3-9,11H,10H2,1-2H3,(H,19,20)(H2,18,21,22). The predicted molar refractivity (Wildman–Crippen MR) is 96.9 cm³/mol. The van der Waals surface area contributed by atoms with Crippen LogP contribution in [0, 0.1) is 5.92 Å². The molecule has 25 heavy (non-hydrogen) atoms. The van der Waals surface area contributed by atoms with E-state index in [0.717, 1.165) is 6.07 Å². The monoisotopic (exact) mass is 381 g/mol. The number of carboxylic acids is 1. The lowest BCUT2D eigenvalue weighted by atomic mass is 10.2. The van der Waals surface area contributed by atoms with Gasteiger partial charge in [0.15, 0.2) is 5.75 Å². The fourth-order valence-electron chi connectivity index (χ4n) is 1.98. The van der Waals surface area contributed by atoms with Gasteiger partial charge in [0.05, 0.1) is 10.5 Å². The van der Waals surface area contributed by atoms with Gasteiger partial charge < -0.3 is 9.84 Å². The summed E-state index contributed by atoms with van der Waals surface area (Å²) in [5.74, 6) is 0.230. The fourth-order valence-corrected chi connectivity index (χ4v) is 3.75. The van der Waals surface area contributed by atoms with Crippen LogP contribution in [-0.4, -0.2) is 25.2 Å². The van der Waals surface area contributed by atoms with Crippen LogP contribution in [0.1, 0.15) is 24.2 Å². The van der Waals surface area contributed by atoms with Gasteiger partial charge in [0.25, 0.3) is 0 Å². The minimum Gasteiger partial charge on any atom is -0.478 e. The van der Waals surface area contributed by atoms with E-state index >= 15 is 0 Å². The molecule has 0 saturated carbocycles. The molecule has 0 radical (unpaired) electrons. The van der Waals surface area contributed by atoms with Crippen molar-refractivity contribution in [1.82, 2.24) is 0 Å². The summed E-state index contributed by atoms with van der Waals surface area (Å²) >= 11 is 1.33. The van der Waals surface area contributed by atoms with Crippen LogP contribution < -0.4 is 9.88 Å². The van der Waals surface area contributed by atoms with Crippen molar-refractivity contribution in [2.45, 2.75) is 23.6 Å². The minimum atomic E-state index is -4.17. The molecule has 6 nitrogen and oxygen atoms in total. The molecule has 0 atom stereocenters. The van der Waals surface area contributed by atoms with E-state index in [1.54, 1.807) is 30.3 Å². The summed E-state index contributed by atoms with van der Waals surface area (Å²) in [6.45, 7) is 4.01. The van der Waals surface area contributed by atoms with Gasteiger partial charge in [-0.25, -0.2) is 18.4 Å². The van der Waals surface area contributed by atoms with Crippen LogP contribution in [0.2, 0.25) is 0 Å². The normalized spacial score (nSPS) is 11.5. The van der Waals surface area contributed by atoms with Crippen molar-refractivity contribution in [3.63, 3.8) is 0 Å². The number of hydrogen-bond donors (Lipinski definition) is 2. The second-order valence-corrected chi connectivity index (χ2v) is 8.36. The maximum atomic E-state index is 12.0. The average Bonchev–Trinajstić information content (AvgIpc) is 2.53. The van der Waals surface area contributed by atoms with Crippen molar-refractivity contribution in [2.75, 3.05) is 5.75 Å². The lowest BCUT2D eigenvalue weighted by Crippen LogP contribution is -2.15. The van der Waals surface area contributed by atoms with Crippen molar-refractivity contribution in [3.8, 4) is 11.5 Å². The number of carbonyl (C=O) groups is 1. The Labute approximate surface area is 151 Å². The second kappa shape index (κ2) is 7.90. The van der Waals surface area contributed by atoms with Crippen LogP contribution in [0.5, 0.6) is 11.5 Å². The summed E-state index contributed by atoms with van der Waals surface area (Å²) in [6.07, 6.45) is 0. The Morgan fingerprint density at radius 3 is 2.40 bits per heavy atom. The van der Waals surface area contributed by atoms with Crippen LogP contribution >= 0.6 is 11.8 Å². The minimum absolute atomic E-state index is 0.0457. The Bertz CT molecular complexity index is 864. The van der Waals surface area contributed by atoms with Gasteiger partial charge in [-0.05, 0) is 30.2 Å². The predicted octanol–water partition coefficient (Wildman–Crippen LogP) is 3.57. The first kappa shape index (κ1) is 19.3. The molecule has 8 heteroatoms. The quantitative estimate of drug-likeness (QED) is 0.710. The third-order valence-corrected chi connectivity index (χ3v) is 5.47. The highest BCUT2D eigenvalue weighted by atomic mass is 32.2. The molecule has 2 aromatic carbocycles. The smallest absolute Gasteiger partial charge is 0.335 e. The largest absolute Gasteiger partial charge is 0.478 e. The van der Waals surface area contributed by atoms with Gasteiger partial charge >= 0.3 is 5.97 Å².